The maximum Gasteiger partial charge on any atom is 0.256 e. The SMILES string of the molecule is CCCCCCCCCCCCCCCn1cc[n+](CCCCC)c1CCCCCCC. The van der Waals surface area contributed by atoms with E-state index in [9.17, 15) is 0 Å². The van der Waals surface area contributed by atoms with Crippen LogP contribution in [0.3, 0.4) is 0 Å². The second kappa shape index (κ2) is 22.0. The van der Waals surface area contributed by atoms with Gasteiger partial charge in [-0.05, 0) is 32.1 Å². The van der Waals surface area contributed by atoms with Crippen LogP contribution in [0.15, 0.2) is 12.4 Å². The first kappa shape index (κ1) is 29.2. The van der Waals surface area contributed by atoms with E-state index < -0.39 is 0 Å². The van der Waals surface area contributed by atoms with Gasteiger partial charge in [0.15, 0.2) is 0 Å². The highest BCUT2D eigenvalue weighted by Gasteiger charge is 2.16. The molecule has 0 aromatic carbocycles. The van der Waals surface area contributed by atoms with Gasteiger partial charge >= 0.3 is 0 Å². The first-order valence-electron chi connectivity index (χ1n) is 14.9. The van der Waals surface area contributed by atoms with Crippen LogP contribution < -0.4 is 4.57 Å². The Hall–Kier alpha value is -0.790. The Kier molecular flexibility index (Phi) is 20.1. The fraction of sp³-hybridized carbons (Fsp3) is 0.900. The summed E-state index contributed by atoms with van der Waals surface area (Å²) in [4.78, 5) is 0. The van der Waals surface area contributed by atoms with Crippen molar-refractivity contribution in [3.05, 3.63) is 18.2 Å². The summed E-state index contributed by atoms with van der Waals surface area (Å²) in [6.45, 7) is 9.35. The number of imidazole rings is 1. The molecule has 1 heterocycles. The van der Waals surface area contributed by atoms with Gasteiger partial charge in [0.1, 0.15) is 12.4 Å². The van der Waals surface area contributed by atoms with Crippen LogP contribution >= 0.6 is 0 Å². The number of nitrogens with zero attached hydrogens (tertiary/aromatic N) is 2. The molecule has 0 N–H and O–H groups in total. The second-order valence-electron chi connectivity index (χ2n) is 10.2. The summed E-state index contributed by atoms with van der Waals surface area (Å²) in [6.07, 6.45) is 35.6. The number of hydrogen-bond donors (Lipinski definition) is 0. The van der Waals surface area contributed by atoms with E-state index in [-0.39, 0.29) is 0 Å². The maximum absolute atomic E-state index is 2.59. The number of hydrogen-bond acceptors (Lipinski definition) is 0. The molecule has 2 nitrogen and oxygen atoms in total. The van der Waals surface area contributed by atoms with Crippen molar-refractivity contribution in [1.82, 2.24) is 4.57 Å². The van der Waals surface area contributed by atoms with E-state index in [0.717, 1.165) is 0 Å². The minimum Gasteiger partial charge on any atom is -0.234 e. The van der Waals surface area contributed by atoms with Gasteiger partial charge in [0.2, 0.25) is 0 Å². The normalized spacial score (nSPS) is 11.5. The third-order valence-corrected chi connectivity index (χ3v) is 7.10. The van der Waals surface area contributed by atoms with E-state index in [1.165, 1.54) is 154 Å². The zero-order valence-electron chi connectivity index (χ0n) is 22.5. The minimum atomic E-state index is 1.21. The zero-order chi connectivity index (χ0) is 23.1. The third kappa shape index (κ3) is 15.1. The Morgan fingerprint density at radius 2 is 0.969 bits per heavy atom. The van der Waals surface area contributed by atoms with Gasteiger partial charge in [0, 0.05) is 6.42 Å². The monoisotopic (exact) mass is 447 g/mol. The van der Waals surface area contributed by atoms with Gasteiger partial charge in [-0.15, -0.1) is 0 Å². The van der Waals surface area contributed by atoms with E-state index in [0.29, 0.717) is 0 Å². The lowest BCUT2D eigenvalue weighted by Crippen LogP contribution is -2.37. The van der Waals surface area contributed by atoms with E-state index in [1.807, 2.05) is 0 Å². The largest absolute Gasteiger partial charge is 0.256 e. The van der Waals surface area contributed by atoms with Crippen LogP contribution in [-0.2, 0) is 19.5 Å². The predicted octanol–water partition coefficient (Wildman–Crippen LogP) is 9.57. The standard InChI is InChI=1S/C30H59N2/c1-4-7-10-12-13-14-15-16-17-18-19-21-24-27-32-29-28-31(26-23-9-6-3)30(32)25-22-20-11-8-5-2/h28-29H,4-27H2,1-3H3/q+1. The minimum absolute atomic E-state index is 1.21. The molecule has 1 aromatic heterocycles. The highest BCUT2D eigenvalue weighted by atomic mass is 15.1. The molecule has 0 radical (unpaired) electrons. The van der Waals surface area contributed by atoms with Crippen LogP contribution in [0, 0.1) is 0 Å². The van der Waals surface area contributed by atoms with Crippen molar-refractivity contribution in [3.8, 4) is 0 Å². The summed E-state index contributed by atoms with van der Waals surface area (Å²) < 4.78 is 5.15. The lowest BCUT2D eigenvalue weighted by atomic mass is 10.0. The van der Waals surface area contributed by atoms with Crippen molar-refractivity contribution in [2.24, 2.45) is 0 Å². The first-order chi connectivity index (χ1) is 15.8. The summed E-state index contributed by atoms with van der Waals surface area (Å²) in [5.74, 6) is 1.59. The summed E-state index contributed by atoms with van der Waals surface area (Å²) in [6, 6.07) is 0. The second-order valence-corrected chi connectivity index (χ2v) is 10.2. The Morgan fingerprint density at radius 3 is 1.50 bits per heavy atom. The maximum atomic E-state index is 2.59. The van der Waals surface area contributed by atoms with Gasteiger partial charge in [0.25, 0.3) is 5.82 Å². The van der Waals surface area contributed by atoms with E-state index in [1.54, 1.807) is 5.82 Å². The van der Waals surface area contributed by atoms with Gasteiger partial charge in [0.05, 0.1) is 13.1 Å². The molecule has 0 aliphatic rings. The molecule has 0 fully saturated rings. The number of unbranched alkanes of at least 4 members (excludes halogenated alkanes) is 18. The molecule has 0 saturated carbocycles. The van der Waals surface area contributed by atoms with Crippen molar-refractivity contribution in [2.45, 2.75) is 175 Å². The molecule has 0 spiro atoms. The van der Waals surface area contributed by atoms with Gasteiger partial charge in [-0.3, -0.25) is 0 Å². The van der Waals surface area contributed by atoms with Crippen LogP contribution in [0.2, 0.25) is 0 Å². The fourth-order valence-electron chi connectivity index (χ4n) is 4.91. The fourth-order valence-corrected chi connectivity index (χ4v) is 4.91. The third-order valence-electron chi connectivity index (χ3n) is 7.10. The number of aromatic nitrogens is 2. The van der Waals surface area contributed by atoms with Crippen LogP contribution in [-0.4, -0.2) is 4.57 Å². The average molecular weight is 448 g/mol. The molecular formula is C30H59N2+. The first-order valence-corrected chi connectivity index (χ1v) is 14.9. The average Bonchev–Trinajstić information content (AvgIpc) is 3.18. The Morgan fingerprint density at radius 1 is 0.531 bits per heavy atom. The molecule has 0 aliphatic carbocycles. The van der Waals surface area contributed by atoms with Crippen LogP contribution in [0.25, 0.3) is 0 Å². The molecule has 0 amide bonds. The smallest absolute Gasteiger partial charge is 0.234 e. The number of aryl methyl sites for hydroxylation is 2. The van der Waals surface area contributed by atoms with Crippen LogP contribution in [0.4, 0.5) is 0 Å². The molecule has 32 heavy (non-hydrogen) atoms. The van der Waals surface area contributed by atoms with Crippen molar-refractivity contribution in [1.29, 1.82) is 0 Å². The van der Waals surface area contributed by atoms with E-state index >= 15 is 0 Å². The molecule has 1 aromatic rings. The van der Waals surface area contributed by atoms with Crippen molar-refractivity contribution >= 4 is 0 Å². The molecule has 0 unspecified atom stereocenters. The molecule has 0 aliphatic heterocycles. The van der Waals surface area contributed by atoms with E-state index in [2.05, 4.69) is 42.3 Å². The summed E-state index contributed by atoms with van der Waals surface area (Å²) in [7, 11) is 0. The molecule has 2 heteroatoms. The van der Waals surface area contributed by atoms with Gasteiger partial charge in [-0.25, -0.2) is 9.13 Å². The highest BCUT2D eigenvalue weighted by Crippen LogP contribution is 2.14. The van der Waals surface area contributed by atoms with Gasteiger partial charge in [-0.2, -0.15) is 0 Å². The highest BCUT2D eigenvalue weighted by molar-refractivity contribution is 4.84. The lowest BCUT2D eigenvalue weighted by Gasteiger charge is -2.06. The molecule has 188 valence electrons. The Balaban J connectivity index is 2.19. The molecule has 1 rings (SSSR count). The molecule has 0 atom stereocenters. The predicted molar refractivity (Wildman–Crippen MR) is 142 cm³/mol. The van der Waals surface area contributed by atoms with Gasteiger partial charge < -0.3 is 0 Å². The molecule has 0 saturated heterocycles. The summed E-state index contributed by atoms with van der Waals surface area (Å²) >= 11 is 0. The van der Waals surface area contributed by atoms with Crippen LogP contribution in [0.1, 0.15) is 161 Å². The van der Waals surface area contributed by atoms with E-state index in [4.69, 9.17) is 0 Å². The van der Waals surface area contributed by atoms with Crippen molar-refractivity contribution < 1.29 is 4.57 Å². The van der Waals surface area contributed by atoms with Crippen molar-refractivity contribution in [3.63, 3.8) is 0 Å². The van der Waals surface area contributed by atoms with Gasteiger partial charge in [-0.1, -0.05) is 124 Å². The van der Waals surface area contributed by atoms with Crippen LogP contribution in [0.5, 0.6) is 0 Å². The quantitative estimate of drug-likeness (QED) is 0.110. The summed E-state index contributed by atoms with van der Waals surface area (Å²) in [5, 5.41) is 0. The topological polar surface area (TPSA) is 8.81 Å². The zero-order valence-corrected chi connectivity index (χ0v) is 22.5. The Bertz CT molecular complexity index is 505. The number of rotatable bonds is 24. The molecule has 0 bridgehead atoms. The summed E-state index contributed by atoms with van der Waals surface area (Å²) in [5.41, 5.74) is 0. The van der Waals surface area contributed by atoms with Crippen molar-refractivity contribution in [2.75, 3.05) is 0 Å². The lowest BCUT2D eigenvalue weighted by molar-refractivity contribution is -0.704. The molecular weight excluding hydrogens is 388 g/mol. The Labute approximate surface area is 202 Å².